The minimum absolute atomic E-state index is 0.211. The van der Waals surface area contributed by atoms with Crippen molar-refractivity contribution in [2.75, 3.05) is 18.5 Å². The van der Waals surface area contributed by atoms with Crippen LogP contribution in [0.4, 0.5) is 14.5 Å². The highest BCUT2D eigenvalue weighted by Crippen LogP contribution is 2.18. The topological polar surface area (TPSA) is 38.3 Å². The highest BCUT2D eigenvalue weighted by Gasteiger charge is 2.21. The number of nitrogens with one attached hydrogen (secondary N) is 1. The average molecular weight is 241 g/mol. The summed E-state index contributed by atoms with van der Waals surface area (Å²) in [5.74, 6) is -2.32. The van der Waals surface area contributed by atoms with E-state index in [1.54, 1.807) is 0 Å². The second kappa shape index (κ2) is 5.23. The van der Waals surface area contributed by atoms with E-state index in [1.807, 2.05) is 0 Å². The molecular formula is C12H13F2NO2. The first-order valence-corrected chi connectivity index (χ1v) is 5.50. The van der Waals surface area contributed by atoms with Crippen molar-refractivity contribution in [1.82, 2.24) is 0 Å². The molecule has 0 spiro atoms. The zero-order chi connectivity index (χ0) is 12.3. The lowest BCUT2D eigenvalue weighted by atomic mass is 10.0. The van der Waals surface area contributed by atoms with E-state index in [2.05, 4.69) is 5.32 Å². The Kier molecular flexibility index (Phi) is 3.68. The van der Waals surface area contributed by atoms with Gasteiger partial charge in [0, 0.05) is 18.4 Å². The van der Waals surface area contributed by atoms with Crippen LogP contribution in [0, 0.1) is 17.6 Å². The summed E-state index contributed by atoms with van der Waals surface area (Å²) in [4.78, 5) is 11.8. The fraction of sp³-hybridized carbons (Fsp3) is 0.417. The number of halogens is 2. The molecule has 0 saturated carbocycles. The Balaban J connectivity index is 1.99. The maximum absolute atomic E-state index is 12.9. The molecule has 0 aromatic heterocycles. The van der Waals surface area contributed by atoms with Crippen molar-refractivity contribution in [3.8, 4) is 0 Å². The van der Waals surface area contributed by atoms with E-state index in [1.165, 1.54) is 6.07 Å². The smallest absolute Gasteiger partial charge is 0.229 e. The molecule has 1 amide bonds. The minimum atomic E-state index is -0.970. The Morgan fingerprint density at radius 1 is 1.35 bits per heavy atom. The predicted molar refractivity (Wildman–Crippen MR) is 58.5 cm³/mol. The fourth-order valence-corrected chi connectivity index (χ4v) is 1.77. The molecule has 1 atom stereocenters. The molecule has 1 aliphatic heterocycles. The first-order valence-electron chi connectivity index (χ1n) is 5.50. The summed E-state index contributed by atoms with van der Waals surface area (Å²) in [7, 11) is 0. The van der Waals surface area contributed by atoms with Crippen LogP contribution in [0.3, 0.4) is 0 Å². The van der Waals surface area contributed by atoms with Crippen LogP contribution in [0.25, 0.3) is 0 Å². The van der Waals surface area contributed by atoms with Crippen LogP contribution < -0.4 is 5.32 Å². The minimum Gasteiger partial charge on any atom is -0.381 e. The molecule has 1 fully saturated rings. The summed E-state index contributed by atoms with van der Waals surface area (Å²) in [6.07, 6.45) is 1.60. The number of hydrogen-bond donors (Lipinski definition) is 1. The molecule has 1 heterocycles. The molecule has 0 radical (unpaired) electrons. The highest BCUT2D eigenvalue weighted by atomic mass is 19.2. The molecule has 5 heteroatoms. The van der Waals surface area contributed by atoms with Crippen molar-refractivity contribution in [3.05, 3.63) is 29.8 Å². The van der Waals surface area contributed by atoms with Crippen molar-refractivity contribution in [3.63, 3.8) is 0 Å². The Labute approximate surface area is 97.8 Å². The Hall–Kier alpha value is -1.49. The van der Waals surface area contributed by atoms with Crippen molar-refractivity contribution < 1.29 is 18.3 Å². The van der Waals surface area contributed by atoms with Gasteiger partial charge in [-0.1, -0.05) is 0 Å². The maximum atomic E-state index is 12.9. The average Bonchev–Trinajstić information content (AvgIpc) is 2.35. The zero-order valence-electron chi connectivity index (χ0n) is 9.21. The number of rotatable bonds is 2. The van der Waals surface area contributed by atoms with Gasteiger partial charge in [0.2, 0.25) is 5.91 Å². The van der Waals surface area contributed by atoms with E-state index in [-0.39, 0.29) is 17.5 Å². The van der Waals surface area contributed by atoms with Crippen molar-refractivity contribution in [2.45, 2.75) is 12.8 Å². The Morgan fingerprint density at radius 2 is 2.18 bits per heavy atom. The molecule has 17 heavy (non-hydrogen) atoms. The monoisotopic (exact) mass is 241 g/mol. The molecule has 0 bridgehead atoms. The van der Waals surface area contributed by atoms with Crippen LogP contribution in [0.2, 0.25) is 0 Å². The third-order valence-electron chi connectivity index (χ3n) is 2.72. The molecule has 92 valence electrons. The first-order chi connectivity index (χ1) is 8.16. The van der Waals surface area contributed by atoms with Crippen molar-refractivity contribution in [2.24, 2.45) is 5.92 Å². The maximum Gasteiger partial charge on any atom is 0.229 e. The van der Waals surface area contributed by atoms with Gasteiger partial charge in [-0.05, 0) is 25.0 Å². The number of amides is 1. The quantitative estimate of drug-likeness (QED) is 0.863. The summed E-state index contributed by atoms with van der Waals surface area (Å²) >= 11 is 0. The summed E-state index contributed by atoms with van der Waals surface area (Å²) in [6.45, 7) is 1.06. The number of anilines is 1. The highest BCUT2D eigenvalue weighted by molar-refractivity contribution is 5.92. The molecule has 1 unspecified atom stereocenters. The number of hydrogen-bond acceptors (Lipinski definition) is 2. The second-order valence-corrected chi connectivity index (χ2v) is 4.03. The van der Waals surface area contributed by atoms with Crippen molar-refractivity contribution in [1.29, 1.82) is 0 Å². The van der Waals surface area contributed by atoms with Gasteiger partial charge in [0.15, 0.2) is 11.6 Å². The van der Waals surface area contributed by atoms with Gasteiger partial charge in [-0.3, -0.25) is 4.79 Å². The number of ether oxygens (including phenoxy) is 1. The normalized spacial score (nSPS) is 20.0. The molecule has 3 nitrogen and oxygen atoms in total. The summed E-state index contributed by atoms with van der Waals surface area (Å²) in [5.41, 5.74) is 0.263. The molecule has 1 aromatic rings. The molecule has 0 aliphatic carbocycles. The molecule has 1 aliphatic rings. The number of benzene rings is 1. The number of carbonyl (C=O) groups excluding carboxylic acids is 1. The predicted octanol–water partition coefficient (Wildman–Crippen LogP) is 2.33. The number of carbonyl (C=O) groups is 1. The van der Waals surface area contributed by atoms with Gasteiger partial charge in [-0.15, -0.1) is 0 Å². The Morgan fingerprint density at radius 3 is 2.82 bits per heavy atom. The van der Waals surface area contributed by atoms with E-state index in [4.69, 9.17) is 4.74 Å². The van der Waals surface area contributed by atoms with Crippen LogP contribution in [-0.4, -0.2) is 19.1 Å². The lowest BCUT2D eigenvalue weighted by molar-refractivity contribution is -0.123. The summed E-state index contributed by atoms with van der Waals surface area (Å²) in [5, 5.41) is 2.55. The van der Waals surface area contributed by atoms with Crippen molar-refractivity contribution >= 4 is 11.6 Å². The third kappa shape index (κ3) is 3.00. The van der Waals surface area contributed by atoms with Gasteiger partial charge < -0.3 is 10.1 Å². The van der Waals surface area contributed by atoms with Gasteiger partial charge in [0.05, 0.1) is 12.5 Å². The van der Waals surface area contributed by atoms with E-state index in [0.29, 0.717) is 13.2 Å². The Bertz CT molecular complexity index is 417. The van der Waals surface area contributed by atoms with E-state index >= 15 is 0 Å². The standard InChI is InChI=1S/C12H13F2NO2/c13-10-4-3-9(6-11(10)14)15-12(16)8-2-1-5-17-7-8/h3-4,6,8H,1-2,5,7H2,(H,15,16). The lowest BCUT2D eigenvalue weighted by Crippen LogP contribution is -2.30. The fourth-order valence-electron chi connectivity index (χ4n) is 1.77. The van der Waals surface area contributed by atoms with Crippen LogP contribution in [0.15, 0.2) is 18.2 Å². The van der Waals surface area contributed by atoms with Gasteiger partial charge in [-0.2, -0.15) is 0 Å². The van der Waals surface area contributed by atoms with E-state index in [0.717, 1.165) is 25.0 Å². The van der Waals surface area contributed by atoms with Gasteiger partial charge in [0.1, 0.15) is 0 Å². The molecule has 1 N–H and O–H groups in total. The van der Waals surface area contributed by atoms with E-state index < -0.39 is 11.6 Å². The first kappa shape index (κ1) is 12.0. The zero-order valence-corrected chi connectivity index (χ0v) is 9.21. The molecule has 2 rings (SSSR count). The van der Waals surface area contributed by atoms with Crippen LogP contribution in [-0.2, 0) is 9.53 Å². The third-order valence-corrected chi connectivity index (χ3v) is 2.72. The van der Waals surface area contributed by atoms with Crippen LogP contribution in [0.1, 0.15) is 12.8 Å². The second-order valence-electron chi connectivity index (χ2n) is 4.03. The summed E-state index contributed by atoms with van der Waals surface area (Å²) < 4.78 is 30.8. The van der Waals surface area contributed by atoms with Gasteiger partial charge in [-0.25, -0.2) is 8.78 Å². The van der Waals surface area contributed by atoms with Gasteiger partial charge >= 0.3 is 0 Å². The van der Waals surface area contributed by atoms with Crippen LogP contribution >= 0.6 is 0 Å². The lowest BCUT2D eigenvalue weighted by Gasteiger charge is -2.21. The van der Waals surface area contributed by atoms with E-state index in [9.17, 15) is 13.6 Å². The largest absolute Gasteiger partial charge is 0.381 e. The van der Waals surface area contributed by atoms with Gasteiger partial charge in [0.25, 0.3) is 0 Å². The summed E-state index contributed by atoms with van der Waals surface area (Å²) in [6, 6.07) is 3.29. The molecule has 1 saturated heterocycles. The SMILES string of the molecule is O=C(Nc1ccc(F)c(F)c1)C1CCCOC1. The molecule has 1 aromatic carbocycles. The molecular weight excluding hydrogens is 228 g/mol. The van der Waals surface area contributed by atoms with Crippen LogP contribution in [0.5, 0.6) is 0 Å².